The molecule has 4 aromatic rings. The van der Waals surface area contributed by atoms with Gasteiger partial charge in [-0.15, -0.1) is 0 Å². The summed E-state index contributed by atoms with van der Waals surface area (Å²) >= 11 is 1.91. The van der Waals surface area contributed by atoms with Crippen LogP contribution in [0.3, 0.4) is 0 Å². The smallest absolute Gasteiger partial charge is 0.123 e. The quantitative estimate of drug-likeness (QED) is 0.352. The number of rotatable bonds is 7. The highest BCUT2D eigenvalue weighted by Gasteiger charge is 2.44. The maximum atomic E-state index is 10.4. The molecular weight excluding hydrogens is 415 g/mol. The largest absolute Gasteiger partial charge is 0.507 e. The van der Waals surface area contributed by atoms with Crippen LogP contribution in [0.4, 0.5) is 0 Å². The molecule has 0 aromatic heterocycles. The minimum Gasteiger partial charge on any atom is -0.507 e. The van der Waals surface area contributed by atoms with Gasteiger partial charge in [-0.2, -0.15) is 11.8 Å². The van der Waals surface area contributed by atoms with Crippen LogP contribution in [0.1, 0.15) is 5.56 Å². The molecule has 0 saturated carbocycles. The molecule has 0 spiro atoms. The topological polar surface area (TPSA) is 20.2 Å². The lowest BCUT2D eigenvalue weighted by atomic mass is 10.0. The molecule has 0 radical (unpaired) electrons. The number of hydrogen-bond donors (Lipinski definition) is 1. The van der Waals surface area contributed by atoms with Crippen molar-refractivity contribution in [1.82, 2.24) is 0 Å². The normalized spacial score (nSPS) is 11.4. The standard InChI is InChI=1S/C28H27OPS/c1-22-13-18-28(29)27(21-22)23-14-16-26(17-15-23)30(19-20-31-2,24-9-5-3-6-10-24)25-11-7-4-8-12-25/h3-18,21H,19-20H2,1-2H3/p+1. The van der Waals surface area contributed by atoms with Crippen molar-refractivity contribution in [2.75, 3.05) is 18.2 Å². The van der Waals surface area contributed by atoms with Gasteiger partial charge in [0, 0.05) is 11.3 Å². The average Bonchev–Trinajstić information content (AvgIpc) is 2.83. The van der Waals surface area contributed by atoms with Gasteiger partial charge in [-0.05, 0) is 67.3 Å². The summed E-state index contributed by atoms with van der Waals surface area (Å²) in [6.07, 6.45) is 3.31. The molecule has 0 saturated heterocycles. The summed E-state index contributed by atoms with van der Waals surface area (Å²) in [5, 5.41) is 14.6. The Balaban J connectivity index is 1.88. The first kappa shape index (κ1) is 21.7. The molecule has 0 bridgehead atoms. The van der Waals surface area contributed by atoms with Crippen molar-refractivity contribution in [2.24, 2.45) is 0 Å². The first-order valence-electron chi connectivity index (χ1n) is 10.5. The number of phenolic OH excluding ortho intramolecular Hbond substituents is 1. The fraction of sp³-hybridized carbons (Fsp3) is 0.143. The van der Waals surface area contributed by atoms with Gasteiger partial charge < -0.3 is 5.11 Å². The Labute approximate surface area is 190 Å². The highest BCUT2D eigenvalue weighted by atomic mass is 32.2. The van der Waals surface area contributed by atoms with Gasteiger partial charge in [-0.3, -0.25) is 0 Å². The molecule has 0 atom stereocenters. The van der Waals surface area contributed by atoms with Gasteiger partial charge in [0.2, 0.25) is 0 Å². The molecular formula is C28H28OPS+. The summed E-state index contributed by atoms with van der Waals surface area (Å²) in [5.41, 5.74) is 3.08. The monoisotopic (exact) mass is 443 g/mol. The maximum absolute atomic E-state index is 10.4. The van der Waals surface area contributed by atoms with Crippen molar-refractivity contribution in [3.8, 4) is 16.9 Å². The predicted octanol–water partition coefficient (Wildman–Crippen LogP) is 6.02. The highest BCUT2D eigenvalue weighted by molar-refractivity contribution is 8.00. The first-order valence-corrected chi connectivity index (χ1v) is 13.9. The van der Waals surface area contributed by atoms with E-state index in [2.05, 4.69) is 104 Å². The Morgan fingerprint density at radius 2 is 1.26 bits per heavy atom. The molecule has 1 N–H and O–H groups in total. The molecule has 31 heavy (non-hydrogen) atoms. The molecule has 0 unspecified atom stereocenters. The van der Waals surface area contributed by atoms with Crippen molar-refractivity contribution in [1.29, 1.82) is 0 Å². The van der Waals surface area contributed by atoms with Gasteiger partial charge in [0.15, 0.2) is 0 Å². The second-order valence-corrected chi connectivity index (χ2v) is 12.4. The van der Waals surface area contributed by atoms with Crippen LogP contribution in [0.5, 0.6) is 5.75 Å². The number of thioether (sulfide) groups is 1. The number of aryl methyl sites for hydroxylation is 1. The van der Waals surface area contributed by atoms with Crippen molar-refractivity contribution in [3.05, 3.63) is 109 Å². The van der Waals surface area contributed by atoms with Gasteiger partial charge >= 0.3 is 0 Å². The lowest BCUT2D eigenvalue weighted by Crippen LogP contribution is -2.34. The molecule has 0 aliphatic carbocycles. The first-order chi connectivity index (χ1) is 15.1. The number of phenols is 1. The maximum Gasteiger partial charge on any atom is 0.123 e. The van der Waals surface area contributed by atoms with Crippen LogP contribution in [-0.4, -0.2) is 23.3 Å². The third-order valence-electron chi connectivity index (χ3n) is 5.80. The summed E-state index contributed by atoms with van der Waals surface area (Å²) in [6.45, 7) is 2.06. The molecule has 1 nitrogen and oxygen atoms in total. The second kappa shape index (κ2) is 9.73. The highest BCUT2D eigenvalue weighted by Crippen LogP contribution is 2.55. The van der Waals surface area contributed by atoms with Gasteiger partial charge in [0.25, 0.3) is 0 Å². The Morgan fingerprint density at radius 1 is 0.710 bits per heavy atom. The summed E-state index contributed by atoms with van der Waals surface area (Å²) in [6, 6.07) is 36.7. The minimum atomic E-state index is -1.79. The molecule has 0 aliphatic heterocycles. The van der Waals surface area contributed by atoms with E-state index in [-0.39, 0.29) is 0 Å². The van der Waals surface area contributed by atoms with Crippen molar-refractivity contribution >= 4 is 34.9 Å². The molecule has 0 heterocycles. The van der Waals surface area contributed by atoms with E-state index in [9.17, 15) is 5.11 Å². The van der Waals surface area contributed by atoms with Crippen molar-refractivity contribution in [3.63, 3.8) is 0 Å². The van der Waals surface area contributed by atoms with E-state index in [1.807, 2.05) is 17.8 Å². The Hall–Kier alpha value is -2.54. The van der Waals surface area contributed by atoms with E-state index in [0.29, 0.717) is 5.75 Å². The molecule has 0 aliphatic rings. The third kappa shape index (κ3) is 4.42. The Kier molecular flexibility index (Phi) is 6.80. The summed E-state index contributed by atoms with van der Waals surface area (Å²) in [5.74, 6) is 1.44. The van der Waals surface area contributed by atoms with E-state index in [1.54, 1.807) is 6.07 Å². The number of benzene rings is 4. The van der Waals surface area contributed by atoms with Crippen LogP contribution in [-0.2, 0) is 0 Å². The minimum absolute atomic E-state index is 0.327. The van der Waals surface area contributed by atoms with Crippen LogP contribution in [0.25, 0.3) is 11.1 Å². The van der Waals surface area contributed by atoms with E-state index in [1.165, 1.54) is 15.9 Å². The second-order valence-electron chi connectivity index (χ2n) is 7.76. The van der Waals surface area contributed by atoms with Crippen molar-refractivity contribution < 1.29 is 5.11 Å². The molecule has 4 aromatic carbocycles. The molecule has 156 valence electrons. The third-order valence-corrected chi connectivity index (χ3v) is 11.1. The molecule has 4 rings (SSSR count). The Morgan fingerprint density at radius 3 is 1.81 bits per heavy atom. The van der Waals surface area contributed by atoms with Gasteiger partial charge in [0.1, 0.15) is 28.9 Å². The van der Waals surface area contributed by atoms with E-state index in [4.69, 9.17) is 0 Å². The molecule has 0 amide bonds. The number of aromatic hydroxyl groups is 1. The molecule has 0 fully saturated rings. The zero-order chi connectivity index (χ0) is 21.7. The van der Waals surface area contributed by atoms with E-state index >= 15 is 0 Å². The predicted molar refractivity (Wildman–Crippen MR) is 140 cm³/mol. The zero-order valence-electron chi connectivity index (χ0n) is 18.0. The van der Waals surface area contributed by atoms with Crippen LogP contribution in [0.2, 0.25) is 0 Å². The van der Waals surface area contributed by atoms with Crippen molar-refractivity contribution in [2.45, 2.75) is 6.92 Å². The van der Waals surface area contributed by atoms with Gasteiger partial charge in [-0.1, -0.05) is 60.2 Å². The average molecular weight is 444 g/mol. The lowest BCUT2D eigenvalue weighted by Gasteiger charge is -2.27. The Bertz CT molecular complexity index is 1090. The van der Waals surface area contributed by atoms with E-state index in [0.717, 1.165) is 28.6 Å². The lowest BCUT2D eigenvalue weighted by molar-refractivity contribution is 0.477. The van der Waals surface area contributed by atoms with Crippen LogP contribution in [0.15, 0.2) is 103 Å². The SMILES string of the molecule is CSCC[P+](c1ccccc1)(c1ccccc1)c1ccc(-c2cc(C)ccc2O)cc1. The van der Waals surface area contributed by atoms with Crippen LogP contribution >= 0.6 is 19.0 Å². The zero-order valence-corrected chi connectivity index (χ0v) is 19.7. The fourth-order valence-electron chi connectivity index (χ4n) is 4.20. The van der Waals surface area contributed by atoms with Crippen LogP contribution < -0.4 is 15.9 Å². The molecule has 3 heteroatoms. The van der Waals surface area contributed by atoms with Gasteiger partial charge in [-0.25, -0.2) is 0 Å². The summed E-state index contributed by atoms with van der Waals surface area (Å²) < 4.78 is 0. The van der Waals surface area contributed by atoms with Crippen LogP contribution in [0, 0.1) is 6.92 Å². The number of hydrogen-bond acceptors (Lipinski definition) is 2. The summed E-state index contributed by atoms with van der Waals surface area (Å²) in [7, 11) is -1.79. The summed E-state index contributed by atoms with van der Waals surface area (Å²) in [4.78, 5) is 0. The van der Waals surface area contributed by atoms with Gasteiger partial charge in [0.05, 0.1) is 6.16 Å². The van der Waals surface area contributed by atoms with E-state index < -0.39 is 7.26 Å². The fourth-order valence-corrected chi connectivity index (χ4v) is 9.72.